The van der Waals surface area contributed by atoms with E-state index in [4.69, 9.17) is 0 Å². The Morgan fingerprint density at radius 1 is 1.33 bits per heavy atom. The van der Waals surface area contributed by atoms with Gasteiger partial charge in [-0.1, -0.05) is 13.8 Å². The number of rotatable bonds is 1. The zero-order chi connectivity index (χ0) is 13.9. The highest BCUT2D eigenvalue weighted by Crippen LogP contribution is 2.21. The first-order valence-electron chi connectivity index (χ1n) is 5.62. The number of hydrogen-bond donors (Lipinski definition) is 0. The predicted molar refractivity (Wildman–Crippen MR) is 65.8 cm³/mol. The molecule has 0 fully saturated rings. The summed E-state index contributed by atoms with van der Waals surface area (Å²) >= 11 is 0. The van der Waals surface area contributed by atoms with Crippen LogP contribution in [0.1, 0.15) is 31.7 Å². The van der Waals surface area contributed by atoms with Gasteiger partial charge < -0.3 is 0 Å². The largest absolute Gasteiger partial charge is 0.280 e. The molecule has 0 unspecified atom stereocenters. The standard InChI is InChI=1S/C10H9F2N3O.C2H6/c1-5-8-6(3-7(14-5)9(11)12)4-13-15(2)10(8)16;1-2/h3-4,9H,1-2H3;1-2H3. The first-order valence-corrected chi connectivity index (χ1v) is 5.62. The molecule has 2 aromatic heterocycles. The Morgan fingerprint density at radius 3 is 2.50 bits per heavy atom. The van der Waals surface area contributed by atoms with Crippen LogP contribution in [0.4, 0.5) is 8.78 Å². The van der Waals surface area contributed by atoms with Crippen molar-refractivity contribution in [3.63, 3.8) is 0 Å². The third kappa shape index (κ3) is 2.52. The summed E-state index contributed by atoms with van der Waals surface area (Å²) in [4.78, 5) is 15.4. The van der Waals surface area contributed by atoms with E-state index in [1.165, 1.54) is 26.2 Å². The van der Waals surface area contributed by atoms with Crippen molar-refractivity contribution < 1.29 is 8.78 Å². The van der Waals surface area contributed by atoms with Gasteiger partial charge in [-0.25, -0.2) is 13.5 Å². The number of hydrogen-bond acceptors (Lipinski definition) is 3. The quantitative estimate of drug-likeness (QED) is 0.787. The van der Waals surface area contributed by atoms with Gasteiger partial charge in [0.2, 0.25) is 0 Å². The maximum atomic E-state index is 12.5. The molecule has 0 amide bonds. The SMILES string of the molecule is CC.Cc1nc(C(F)F)cc2cnn(C)c(=O)c12. The topological polar surface area (TPSA) is 47.8 Å². The lowest BCUT2D eigenvalue weighted by molar-refractivity contribution is 0.146. The second-order valence-electron chi connectivity index (χ2n) is 3.47. The molecule has 0 aliphatic rings. The van der Waals surface area contributed by atoms with Crippen LogP contribution in [-0.4, -0.2) is 14.8 Å². The van der Waals surface area contributed by atoms with Crippen LogP contribution in [0.3, 0.4) is 0 Å². The van der Waals surface area contributed by atoms with Crippen molar-refractivity contribution in [1.29, 1.82) is 0 Å². The molecule has 0 N–H and O–H groups in total. The molecule has 0 aromatic carbocycles. The summed E-state index contributed by atoms with van der Waals surface area (Å²) in [6, 6.07) is 1.20. The lowest BCUT2D eigenvalue weighted by atomic mass is 10.1. The summed E-state index contributed by atoms with van der Waals surface area (Å²) in [6.45, 7) is 5.54. The van der Waals surface area contributed by atoms with E-state index in [1.807, 2.05) is 13.8 Å². The fourth-order valence-electron chi connectivity index (χ4n) is 1.58. The Kier molecular flexibility index (Phi) is 4.47. The zero-order valence-corrected chi connectivity index (χ0v) is 10.7. The molecule has 18 heavy (non-hydrogen) atoms. The maximum Gasteiger partial charge on any atom is 0.280 e. The van der Waals surface area contributed by atoms with Crippen LogP contribution in [0.25, 0.3) is 10.8 Å². The molecule has 0 bridgehead atoms. The maximum absolute atomic E-state index is 12.5. The number of alkyl halides is 2. The lowest BCUT2D eigenvalue weighted by Gasteiger charge is -2.05. The molecule has 0 aliphatic heterocycles. The molecule has 0 spiro atoms. The van der Waals surface area contributed by atoms with Gasteiger partial charge in [-0.15, -0.1) is 0 Å². The smallest absolute Gasteiger partial charge is 0.267 e. The molecule has 0 atom stereocenters. The number of aryl methyl sites for hydroxylation is 2. The second kappa shape index (κ2) is 5.66. The van der Waals surface area contributed by atoms with Crippen molar-refractivity contribution in [1.82, 2.24) is 14.8 Å². The average molecular weight is 255 g/mol. The molecule has 2 aromatic rings. The van der Waals surface area contributed by atoms with Gasteiger partial charge in [0.15, 0.2) is 0 Å². The molecule has 2 rings (SSSR count). The van der Waals surface area contributed by atoms with Gasteiger partial charge in [-0.3, -0.25) is 9.78 Å². The van der Waals surface area contributed by atoms with Gasteiger partial charge in [0.05, 0.1) is 17.3 Å². The van der Waals surface area contributed by atoms with Crippen molar-refractivity contribution in [2.24, 2.45) is 7.05 Å². The van der Waals surface area contributed by atoms with Gasteiger partial charge >= 0.3 is 0 Å². The molecule has 0 radical (unpaired) electrons. The number of nitrogens with zero attached hydrogens (tertiary/aromatic N) is 3. The summed E-state index contributed by atoms with van der Waals surface area (Å²) in [5.41, 5.74) is -0.362. The van der Waals surface area contributed by atoms with Crippen LogP contribution >= 0.6 is 0 Å². The molecule has 0 saturated heterocycles. The van der Waals surface area contributed by atoms with E-state index >= 15 is 0 Å². The molecule has 98 valence electrons. The van der Waals surface area contributed by atoms with E-state index in [2.05, 4.69) is 10.1 Å². The summed E-state index contributed by atoms with van der Waals surface area (Å²) in [5.74, 6) is 0. The normalized spacial score (nSPS) is 10.4. The summed E-state index contributed by atoms with van der Waals surface area (Å²) < 4.78 is 26.1. The average Bonchev–Trinajstić information content (AvgIpc) is 2.35. The van der Waals surface area contributed by atoms with Crippen molar-refractivity contribution in [3.05, 3.63) is 34.0 Å². The number of halogens is 2. The highest BCUT2D eigenvalue weighted by atomic mass is 19.3. The minimum atomic E-state index is -2.65. The van der Waals surface area contributed by atoms with Gasteiger partial charge in [-0.2, -0.15) is 5.10 Å². The van der Waals surface area contributed by atoms with E-state index in [-0.39, 0.29) is 11.3 Å². The fourth-order valence-corrected chi connectivity index (χ4v) is 1.58. The highest BCUT2D eigenvalue weighted by Gasteiger charge is 2.13. The molecule has 0 aliphatic carbocycles. The molecule has 2 heterocycles. The zero-order valence-electron chi connectivity index (χ0n) is 10.7. The van der Waals surface area contributed by atoms with Crippen molar-refractivity contribution in [2.45, 2.75) is 27.2 Å². The van der Waals surface area contributed by atoms with Gasteiger partial charge in [0.1, 0.15) is 5.69 Å². The molecule has 6 heteroatoms. The molecular formula is C12H15F2N3O. The summed E-state index contributed by atoms with van der Waals surface area (Å²) in [7, 11) is 1.50. The van der Waals surface area contributed by atoms with Gasteiger partial charge in [0.25, 0.3) is 12.0 Å². The Morgan fingerprint density at radius 2 is 1.94 bits per heavy atom. The van der Waals surface area contributed by atoms with Crippen LogP contribution in [0.15, 0.2) is 17.1 Å². The minimum absolute atomic E-state index is 0.302. The number of fused-ring (bicyclic) bond motifs is 1. The van der Waals surface area contributed by atoms with Crippen LogP contribution in [0.5, 0.6) is 0 Å². The second-order valence-corrected chi connectivity index (χ2v) is 3.47. The predicted octanol–water partition coefficient (Wildman–Crippen LogP) is 2.60. The Bertz CT molecular complexity index is 608. The van der Waals surface area contributed by atoms with E-state index < -0.39 is 6.43 Å². The van der Waals surface area contributed by atoms with Crippen LogP contribution in [-0.2, 0) is 7.05 Å². The van der Waals surface area contributed by atoms with E-state index in [1.54, 1.807) is 0 Å². The fraction of sp³-hybridized carbons (Fsp3) is 0.417. The van der Waals surface area contributed by atoms with E-state index in [9.17, 15) is 13.6 Å². The minimum Gasteiger partial charge on any atom is -0.267 e. The Hall–Kier alpha value is -1.85. The first-order chi connectivity index (χ1) is 8.50. The highest BCUT2D eigenvalue weighted by molar-refractivity contribution is 5.82. The summed E-state index contributed by atoms with van der Waals surface area (Å²) in [5, 5.41) is 4.51. The van der Waals surface area contributed by atoms with E-state index in [0.29, 0.717) is 16.5 Å². The Labute approximate surface area is 103 Å². The van der Waals surface area contributed by atoms with Gasteiger partial charge in [-0.05, 0) is 13.0 Å². The molecular weight excluding hydrogens is 240 g/mol. The molecule has 0 saturated carbocycles. The van der Waals surface area contributed by atoms with Crippen molar-refractivity contribution in [3.8, 4) is 0 Å². The summed E-state index contributed by atoms with van der Waals surface area (Å²) in [6.07, 6.45) is -1.26. The van der Waals surface area contributed by atoms with Crippen LogP contribution in [0.2, 0.25) is 0 Å². The van der Waals surface area contributed by atoms with Crippen molar-refractivity contribution in [2.75, 3.05) is 0 Å². The van der Waals surface area contributed by atoms with E-state index in [0.717, 1.165) is 4.68 Å². The van der Waals surface area contributed by atoms with Crippen LogP contribution in [0, 0.1) is 6.92 Å². The Balaban J connectivity index is 0.000000771. The lowest BCUT2D eigenvalue weighted by Crippen LogP contribution is -2.20. The van der Waals surface area contributed by atoms with Crippen LogP contribution < -0.4 is 5.56 Å². The molecule has 4 nitrogen and oxygen atoms in total. The monoisotopic (exact) mass is 255 g/mol. The number of pyridine rings is 1. The number of aromatic nitrogens is 3. The van der Waals surface area contributed by atoms with Crippen molar-refractivity contribution >= 4 is 10.8 Å². The van der Waals surface area contributed by atoms with Gasteiger partial charge in [0, 0.05) is 12.4 Å². The first kappa shape index (κ1) is 14.2. The third-order valence-electron chi connectivity index (χ3n) is 2.35. The third-order valence-corrected chi connectivity index (χ3v) is 2.35.